The first kappa shape index (κ1) is 7.15. The summed E-state index contributed by atoms with van der Waals surface area (Å²) >= 11 is 3.38. The molecule has 3 aromatic rings. The number of hydrogen-bond acceptors (Lipinski definition) is 3. The molecular formula is C9H4BrNO2. The minimum absolute atomic E-state index is 0.606. The molecule has 3 aromatic heterocycles. The summed E-state index contributed by atoms with van der Waals surface area (Å²) < 4.78 is 11.4. The van der Waals surface area contributed by atoms with Gasteiger partial charge in [0.2, 0.25) is 5.71 Å². The van der Waals surface area contributed by atoms with Crippen molar-refractivity contribution < 1.29 is 8.83 Å². The van der Waals surface area contributed by atoms with Crippen molar-refractivity contribution in [1.29, 1.82) is 0 Å². The molecule has 3 rings (SSSR count). The van der Waals surface area contributed by atoms with Gasteiger partial charge < -0.3 is 8.83 Å². The van der Waals surface area contributed by atoms with Gasteiger partial charge in [0.15, 0.2) is 0 Å². The fraction of sp³-hybridized carbons (Fsp3) is 0. The van der Waals surface area contributed by atoms with E-state index < -0.39 is 0 Å². The lowest BCUT2D eigenvalue weighted by Crippen LogP contribution is -1.72. The van der Waals surface area contributed by atoms with Crippen molar-refractivity contribution in [2.45, 2.75) is 0 Å². The Balaban J connectivity index is 2.66. The molecule has 0 amide bonds. The number of nitrogens with zero attached hydrogens (tertiary/aromatic N) is 1. The number of halogens is 1. The van der Waals surface area contributed by atoms with Gasteiger partial charge in [-0.15, -0.1) is 0 Å². The highest BCUT2D eigenvalue weighted by atomic mass is 79.9. The van der Waals surface area contributed by atoms with E-state index in [1.807, 2.05) is 6.07 Å². The Morgan fingerprint density at radius 2 is 2.15 bits per heavy atom. The van der Waals surface area contributed by atoms with Crippen molar-refractivity contribution in [3.63, 3.8) is 0 Å². The topological polar surface area (TPSA) is 39.2 Å². The maximum atomic E-state index is 5.37. The maximum absolute atomic E-state index is 5.37. The first-order valence-electron chi connectivity index (χ1n) is 3.75. The first-order valence-corrected chi connectivity index (χ1v) is 4.54. The zero-order valence-corrected chi connectivity index (χ0v) is 8.04. The third kappa shape index (κ3) is 0.862. The number of rotatable bonds is 0. The second-order valence-corrected chi connectivity index (χ2v) is 3.58. The summed E-state index contributed by atoms with van der Waals surface area (Å²) in [6.45, 7) is 0. The van der Waals surface area contributed by atoms with Gasteiger partial charge in [-0.25, -0.2) is 4.98 Å². The third-order valence-corrected chi connectivity index (χ3v) is 2.60. The Morgan fingerprint density at radius 1 is 1.23 bits per heavy atom. The van der Waals surface area contributed by atoms with Crippen LogP contribution in [0.25, 0.3) is 22.1 Å². The van der Waals surface area contributed by atoms with E-state index >= 15 is 0 Å². The predicted octanol–water partition coefficient (Wildman–Crippen LogP) is 3.34. The lowest BCUT2D eigenvalue weighted by molar-refractivity contribution is 0.600. The molecule has 0 radical (unpaired) electrons. The molecule has 0 N–H and O–H groups in total. The molecule has 0 saturated heterocycles. The van der Waals surface area contributed by atoms with E-state index in [9.17, 15) is 0 Å². The molecule has 0 aliphatic heterocycles. The molecule has 3 nitrogen and oxygen atoms in total. The van der Waals surface area contributed by atoms with E-state index in [-0.39, 0.29) is 0 Å². The van der Waals surface area contributed by atoms with E-state index in [1.165, 1.54) is 0 Å². The van der Waals surface area contributed by atoms with Crippen molar-refractivity contribution in [3.05, 3.63) is 29.3 Å². The second kappa shape index (κ2) is 2.35. The van der Waals surface area contributed by atoms with Gasteiger partial charge in [-0.3, -0.25) is 0 Å². The Kier molecular flexibility index (Phi) is 1.29. The Morgan fingerprint density at radius 3 is 3.08 bits per heavy atom. The van der Waals surface area contributed by atoms with E-state index in [2.05, 4.69) is 20.9 Å². The van der Waals surface area contributed by atoms with Crippen LogP contribution in [0.2, 0.25) is 0 Å². The number of fused-ring (bicyclic) bond motifs is 3. The summed E-state index contributed by atoms with van der Waals surface area (Å²) in [4.78, 5) is 4.15. The van der Waals surface area contributed by atoms with Gasteiger partial charge in [-0.05, 0) is 22.0 Å². The summed E-state index contributed by atoms with van der Waals surface area (Å²) in [5.41, 5.74) is 1.42. The van der Waals surface area contributed by atoms with Crippen LogP contribution < -0.4 is 0 Å². The predicted molar refractivity (Wildman–Crippen MR) is 51.5 cm³/mol. The van der Waals surface area contributed by atoms with E-state index in [0.29, 0.717) is 5.71 Å². The molecule has 0 aromatic carbocycles. The second-order valence-electron chi connectivity index (χ2n) is 2.72. The van der Waals surface area contributed by atoms with Gasteiger partial charge >= 0.3 is 0 Å². The summed E-state index contributed by atoms with van der Waals surface area (Å²) in [6.07, 6.45) is 4.99. The van der Waals surface area contributed by atoms with Crippen molar-refractivity contribution in [2.75, 3.05) is 0 Å². The lowest BCUT2D eigenvalue weighted by atomic mass is 10.3. The number of furan rings is 2. The van der Waals surface area contributed by atoms with Crippen LogP contribution in [0.4, 0.5) is 0 Å². The quantitative estimate of drug-likeness (QED) is 0.602. The summed E-state index contributed by atoms with van der Waals surface area (Å²) in [6, 6.07) is 1.85. The van der Waals surface area contributed by atoms with E-state index in [0.717, 1.165) is 20.8 Å². The van der Waals surface area contributed by atoms with Crippen molar-refractivity contribution >= 4 is 38.0 Å². The van der Waals surface area contributed by atoms with E-state index in [4.69, 9.17) is 8.83 Å². The van der Waals surface area contributed by atoms with Crippen LogP contribution in [0.1, 0.15) is 0 Å². The number of hydrogen-bond donors (Lipinski definition) is 0. The highest BCUT2D eigenvalue weighted by Crippen LogP contribution is 2.30. The van der Waals surface area contributed by atoms with E-state index in [1.54, 1.807) is 18.7 Å². The molecular weight excluding hydrogens is 234 g/mol. The lowest BCUT2D eigenvalue weighted by Gasteiger charge is -1.88. The Bertz CT molecular complexity index is 581. The van der Waals surface area contributed by atoms with Crippen molar-refractivity contribution in [2.24, 2.45) is 0 Å². The Labute approximate surface area is 81.5 Å². The summed E-state index contributed by atoms with van der Waals surface area (Å²) in [5, 5.41) is 1.87. The minimum atomic E-state index is 0.606. The molecule has 0 unspecified atom stereocenters. The fourth-order valence-corrected chi connectivity index (χ4v) is 1.75. The average Bonchev–Trinajstić information content (AvgIpc) is 2.70. The molecule has 0 saturated carbocycles. The summed E-state index contributed by atoms with van der Waals surface area (Å²) in [7, 11) is 0. The van der Waals surface area contributed by atoms with Crippen LogP contribution in [0.5, 0.6) is 0 Å². The van der Waals surface area contributed by atoms with Crippen molar-refractivity contribution in [3.8, 4) is 0 Å². The van der Waals surface area contributed by atoms with Gasteiger partial charge in [-0.2, -0.15) is 0 Å². The fourth-order valence-electron chi connectivity index (χ4n) is 1.37. The number of aromatic nitrogens is 1. The SMILES string of the molecule is Brc1coc2c1cnc1occc12. The first-order chi connectivity index (χ1) is 6.36. The van der Waals surface area contributed by atoms with Crippen LogP contribution in [0, 0.1) is 0 Å². The van der Waals surface area contributed by atoms with Crippen LogP contribution in [0.3, 0.4) is 0 Å². The zero-order valence-electron chi connectivity index (χ0n) is 6.45. The normalized spacial score (nSPS) is 11.5. The smallest absolute Gasteiger partial charge is 0.229 e. The average molecular weight is 238 g/mol. The van der Waals surface area contributed by atoms with Crippen LogP contribution >= 0.6 is 15.9 Å². The maximum Gasteiger partial charge on any atom is 0.229 e. The standard InChI is InChI=1S/C9H4BrNO2/c10-7-4-13-8-5-1-2-12-9(5)11-3-6(7)8/h1-4H. The molecule has 3 heterocycles. The molecule has 4 heteroatoms. The monoisotopic (exact) mass is 237 g/mol. The third-order valence-electron chi connectivity index (χ3n) is 1.98. The van der Waals surface area contributed by atoms with Crippen LogP contribution in [-0.2, 0) is 0 Å². The Hall–Kier alpha value is -1.29. The highest BCUT2D eigenvalue weighted by molar-refractivity contribution is 9.10. The molecule has 0 spiro atoms. The zero-order chi connectivity index (χ0) is 8.84. The van der Waals surface area contributed by atoms with Crippen LogP contribution in [-0.4, -0.2) is 4.98 Å². The van der Waals surface area contributed by atoms with Gasteiger partial charge in [0, 0.05) is 6.20 Å². The van der Waals surface area contributed by atoms with Crippen LogP contribution in [0.15, 0.2) is 38.1 Å². The van der Waals surface area contributed by atoms with Gasteiger partial charge in [-0.1, -0.05) is 0 Å². The molecule has 0 atom stereocenters. The van der Waals surface area contributed by atoms with Gasteiger partial charge in [0.25, 0.3) is 0 Å². The summed E-state index contributed by atoms with van der Waals surface area (Å²) in [5.74, 6) is 0. The molecule has 0 fully saturated rings. The van der Waals surface area contributed by atoms with Crippen molar-refractivity contribution in [1.82, 2.24) is 4.98 Å². The number of pyridine rings is 1. The van der Waals surface area contributed by atoms with Gasteiger partial charge in [0.1, 0.15) is 11.8 Å². The molecule has 64 valence electrons. The molecule has 0 aliphatic carbocycles. The molecule has 13 heavy (non-hydrogen) atoms. The minimum Gasteiger partial charge on any atom is -0.462 e. The van der Waals surface area contributed by atoms with Gasteiger partial charge in [0.05, 0.1) is 21.5 Å². The highest BCUT2D eigenvalue weighted by Gasteiger charge is 2.09. The largest absolute Gasteiger partial charge is 0.462 e. The molecule has 0 aliphatic rings. The molecule has 0 bridgehead atoms.